The normalized spacial score (nSPS) is 22.2. The first-order chi connectivity index (χ1) is 10.1. The molecule has 1 aliphatic rings. The molecule has 1 rings (SSSR count). The van der Waals surface area contributed by atoms with Gasteiger partial charge in [0.15, 0.2) is 0 Å². The highest BCUT2D eigenvalue weighted by molar-refractivity contribution is 5.98. The van der Waals surface area contributed by atoms with Crippen molar-refractivity contribution in [3.05, 3.63) is 12.2 Å². The summed E-state index contributed by atoms with van der Waals surface area (Å²) in [6, 6.07) is 0. The second kappa shape index (κ2) is 9.75. The second-order valence-corrected chi connectivity index (χ2v) is 6.16. The van der Waals surface area contributed by atoms with Gasteiger partial charge in [-0.05, 0) is 19.3 Å². The highest BCUT2D eigenvalue weighted by Gasteiger charge is 2.46. The lowest BCUT2D eigenvalue weighted by Crippen LogP contribution is -2.23. The van der Waals surface area contributed by atoms with Gasteiger partial charge in [0.2, 0.25) is 0 Å². The van der Waals surface area contributed by atoms with Crippen molar-refractivity contribution in [2.75, 3.05) is 0 Å². The minimum absolute atomic E-state index is 0.226. The SMILES string of the molecule is CCCCCCC=CC1(CCCCCC)CC(=O)OC1=O. The van der Waals surface area contributed by atoms with E-state index in [0.717, 1.165) is 32.1 Å². The molecular formula is C18H30O3. The molecule has 0 spiro atoms. The molecule has 3 heteroatoms. The average Bonchev–Trinajstić information content (AvgIpc) is 2.74. The Morgan fingerprint density at radius 2 is 1.67 bits per heavy atom. The van der Waals surface area contributed by atoms with Crippen LogP contribution in [0.4, 0.5) is 0 Å². The zero-order valence-electron chi connectivity index (χ0n) is 13.7. The van der Waals surface area contributed by atoms with Crippen molar-refractivity contribution in [3.63, 3.8) is 0 Å². The van der Waals surface area contributed by atoms with E-state index >= 15 is 0 Å². The summed E-state index contributed by atoms with van der Waals surface area (Å²) in [7, 11) is 0. The summed E-state index contributed by atoms with van der Waals surface area (Å²) in [4.78, 5) is 23.5. The van der Waals surface area contributed by atoms with Crippen LogP contribution in [0.25, 0.3) is 0 Å². The molecule has 120 valence electrons. The second-order valence-electron chi connectivity index (χ2n) is 6.16. The smallest absolute Gasteiger partial charge is 0.324 e. The van der Waals surface area contributed by atoms with Crippen LogP contribution in [0.3, 0.4) is 0 Å². The lowest BCUT2D eigenvalue weighted by atomic mass is 9.80. The van der Waals surface area contributed by atoms with Gasteiger partial charge in [0.25, 0.3) is 0 Å². The molecule has 1 fully saturated rings. The topological polar surface area (TPSA) is 43.4 Å². The van der Waals surface area contributed by atoms with Crippen molar-refractivity contribution in [1.82, 2.24) is 0 Å². The van der Waals surface area contributed by atoms with Crippen LogP contribution >= 0.6 is 0 Å². The van der Waals surface area contributed by atoms with Crippen LogP contribution < -0.4 is 0 Å². The van der Waals surface area contributed by atoms with Gasteiger partial charge in [-0.2, -0.15) is 0 Å². The summed E-state index contributed by atoms with van der Waals surface area (Å²) in [6.45, 7) is 4.36. The van der Waals surface area contributed by atoms with Gasteiger partial charge in [-0.1, -0.05) is 70.9 Å². The Morgan fingerprint density at radius 3 is 2.24 bits per heavy atom. The summed E-state index contributed by atoms with van der Waals surface area (Å²) >= 11 is 0. The van der Waals surface area contributed by atoms with Crippen molar-refractivity contribution in [3.8, 4) is 0 Å². The summed E-state index contributed by atoms with van der Waals surface area (Å²) in [5, 5.41) is 0. The molecule has 3 nitrogen and oxygen atoms in total. The molecule has 0 aromatic rings. The Labute approximate surface area is 129 Å². The number of allylic oxidation sites excluding steroid dienone is 1. The Balaban J connectivity index is 2.50. The molecule has 0 amide bonds. The standard InChI is InChI=1S/C18H30O3/c1-3-5-7-9-10-12-14-18(13-11-8-6-4-2)15-16(19)21-17(18)20/h12,14H,3-11,13,15H2,1-2H3. The Morgan fingerprint density at radius 1 is 1.00 bits per heavy atom. The number of carbonyl (C=O) groups is 2. The summed E-state index contributed by atoms with van der Waals surface area (Å²) < 4.78 is 4.80. The Hall–Kier alpha value is -1.12. The van der Waals surface area contributed by atoms with Gasteiger partial charge in [-0.25, -0.2) is 0 Å². The van der Waals surface area contributed by atoms with Gasteiger partial charge in [0, 0.05) is 0 Å². The van der Waals surface area contributed by atoms with Crippen LogP contribution in [-0.2, 0) is 14.3 Å². The maximum atomic E-state index is 12.0. The van der Waals surface area contributed by atoms with Crippen molar-refractivity contribution >= 4 is 11.9 Å². The van der Waals surface area contributed by atoms with E-state index in [1.165, 1.54) is 32.1 Å². The van der Waals surface area contributed by atoms with Crippen molar-refractivity contribution in [2.24, 2.45) is 5.41 Å². The number of esters is 2. The van der Waals surface area contributed by atoms with Crippen molar-refractivity contribution < 1.29 is 14.3 Å². The molecular weight excluding hydrogens is 264 g/mol. The van der Waals surface area contributed by atoms with Gasteiger partial charge >= 0.3 is 11.9 Å². The number of carbonyl (C=O) groups excluding carboxylic acids is 2. The molecule has 1 unspecified atom stereocenters. The highest BCUT2D eigenvalue weighted by atomic mass is 16.6. The van der Waals surface area contributed by atoms with Crippen LogP contribution in [0.2, 0.25) is 0 Å². The maximum Gasteiger partial charge on any atom is 0.324 e. The van der Waals surface area contributed by atoms with E-state index < -0.39 is 5.41 Å². The third-order valence-electron chi connectivity index (χ3n) is 4.21. The molecule has 0 saturated carbocycles. The van der Waals surface area contributed by atoms with Crippen LogP contribution in [0.5, 0.6) is 0 Å². The lowest BCUT2D eigenvalue weighted by molar-refractivity contribution is -0.154. The zero-order valence-corrected chi connectivity index (χ0v) is 13.7. The van der Waals surface area contributed by atoms with Crippen LogP contribution in [0, 0.1) is 5.41 Å². The molecule has 1 aliphatic heterocycles. The van der Waals surface area contributed by atoms with Crippen LogP contribution in [-0.4, -0.2) is 11.9 Å². The first-order valence-corrected chi connectivity index (χ1v) is 8.57. The number of cyclic esters (lactones) is 2. The number of hydrogen-bond acceptors (Lipinski definition) is 3. The molecule has 0 aromatic carbocycles. The van der Waals surface area contributed by atoms with Crippen LogP contribution in [0.15, 0.2) is 12.2 Å². The third kappa shape index (κ3) is 6.03. The summed E-state index contributed by atoms with van der Waals surface area (Å²) in [5.74, 6) is -0.708. The maximum absolute atomic E-state index is 12.0. The monoisotopic (exact) mass is 294 g/mol. The predicted molar refractivity (Wildman–Crippen MR) is 84.8 cm³/mol. The largest absolute Gasteiger partial charge is 0.392 e. The van der Waals surface area contributed by atoms with Gasteiger partial charge in [0.1, 0.15) is 0 Å². The minimum atomic E-state index is -0.671. The van der Waals surface area contributed by atoms with E-state index in [-0.39, 0.29) is 18.4 Å². The number of ether oxygens (including phenoxy) is 1. The van der Waals surface area contributed by atoms with Gasteiger partial charge in [-0.3, -0.25) is 9.59 Å². The van der Waals surface area contributed by atoms with E-state index in [4.69, 9.17) is 4.74 Å². The Kier molecular flexibility index (Phi) is 8.33. The minimum Gasteiger partial charge on any atom is -0.392 e. The predicted octanol–water partition coefficient (Wildman–Crippen LogP) is 4.94. The fourth-order valence-corrected chi connectivity index (χ4v) is 2.84. The molecule has 21 heavy (non-hydrogen) atoms. The first kappa shape index (κ1) is 17.9. The van der Waals surface area contributed by atoms with E-state index in [2.05, 4.69) is 19.9 Å². The van der Waals surface area contributed by atoms with Crippen LogP contribution in [0.1, 0.15) is 84.5 Å². The number of unbranched alkanes of at least 4 members (excludes halogenated alkanes) is 7. The number of rotatable bonds is 11. The van der Waals surface area contributed by atoms with E-state index in [9.17, 15) is 9.59 Å². The summed E-state index contributed by atoms with van der Waals surface area (Å²) in [5.41, 5.74) is -0.671. The van der Waals surface area contributed by atoms with Crippen molar-refractivity contribution in [1.29, 1.82) is 0 Å². The van der Waals surface area contributed by atoms with E-state index in [1.54, 1.807) is 0 Å². The molecule has 0 bridgehead atoms. The number of hydrogen-bond donors (Lipinski definition) is 0. The van der Waals surface area contributed by atoms with Gasteiger partial charge in [-0.15, -0.1) is 0 Å². The fourth-order valence-electron chi connectivity index (χ4n) is 2.84. The molecule has 1 saturated heterocycles. The molecule has 1 atom stereocenters. The summed E-state index contributed by atoms with van der Waals surface area (Å²) in [6.07, 6.45) is 15.3. The van der Waals surface area contributed by atoms with E-state index in [0.29, 0.717) is 0 Å². The first-order valence-electron chi connectivity index (χ1n) is 8.57. The van der Waals surface area contributed by atoms with Gasteiger partial charge in [0.05, 0.1) is 11.8 Å². The molecule has 0 aromatic heterocycles. The Bertz CT molecular complexity index is 359. The third-order valence-corrected chi connectivity index (χ3v) is 4.21. The molecule has 0 aliphatic carbocycles. The highest BCUT2D eigenvalue weighted by Crippen LogP contribution is 2.38. The van der Waals surface area contributed by atoms with Gasteiger partial charge < -0.3 is 4.74 Å². The zero-order chi connectivity index (χ0) is 15.6. The van der Waals surface area contributed by atoms with E-state index in [1.807, 2.05) is 6.08 Å². The molecule has 1 heterocycles. The average molecular weight is 294 g/mol. The molecule has 0 N–H and O–H groups in total. The molecule has 0 radical (unpaired) electrons. The lowest BCUT2D eigenvalue weighted by Gasteiger charge is -2.19. The van der Waals surface area contributed by atoms with Crippen molar-refractivity contribution in [2.45, 2.75) is 84.5 Å². The fraction of sp³-hybridized carbons (Fsp3) is 0.778. The quantitative estimate of drug-likeness (QED) is 0.234.